The lowest BCUT2D eigenvalue weighted by molar-refractivity contribution is 0.111. The summed E-state index contributed by atoms with van der Waals surface area (Å²) >= 11 is 3.18. The lowest BCUT2D eigenvalue weighted by Gasteiger charge is -2.28. The number of aliphatic hydroxyl groups excluding tert-OH is 1. The van der Waals surface area contributed by atoms with Gasteiger partial charge in [-0.15, -0.1) is 0 Å². The molecule has 1 rings (SSSR count). The number of sulfonamides is 1. The second kappa shape index (κ2) is 5.16. The van der Waals surface area contributed by atoms with Crippen molar-refractivity contribution < 1.29 is 13.5 Å². The SMILES string of the molecule is CC(O)C(C)(C)NS(=O)(=O)c1ccc(N)c(Br)c1. The van der Waals surface area contributed by atoms with E-state index < -0.39 is 21.7 Å². The van der Waals surface area contributed by atoms with Crippen LogP contribution < -0.4 is 10.5 Å². The number of nitrogen functional groups attached to an aromatic ring is 1. The second-order valence-corrected chi connectivity index (χ2v) is 7.22. The molecule has 1 aromatic rings. The lowest BCUT2D eigenvalue weighted by atomic mass is 10.0. The summed E-state index contributed by atoms with van der Waals surface area (Å²) < 4.78 is 27.2. The molecule has 0 amide bonds. The average molecular weight is 337 g/mol. The Kier molecular flexibility index (Phi) is 4.42. The van der Waals surface area contributed by atoms with Crippen LogP contribution in [0, 0.1) is 0 Å². The Hall–Kier alpha value is -0.630. The summed E-state index contributed by atoms with van der Waals surface area (Å²) in [6.45, 7) is 4.75. The first-order valence-corrected chi connectivity index (χ1v) is 7.61. The highest BCUT2D eigenvalue weighted by Gasteiger charge is 2.30. The van der Waals surface area contributed by atoms with Crippen LogP contribution in [-0.4, -0.2) is 25.2 Å². The monoisotopic (exact) mass is 336 g/mol. The third kappa shape index (κ3) is 3.44. The van der Waals surface area contributed by atoms with Crippen LogP contribution in [0.3, 0.4) is 0 Å². The molecule has 0 fully saturated rings. The van der Waals surface area contributed by atoms with Crippen LogP contribution in [-0.2, 0) is 10.0 Å². The van der Waals surface area contributed by atoms with Gasteiger partial charge in [0, 0.05) is 10.2 Å². The van der Waals surface area contributed by atoms with Crippen LogP contribution >= 0.6 is 15.9 Å². The Bertz CT molecular complexity index is 541. The molecule has 5 nitrogen and oxygen atoms in total. The Morgan fingerprint density at radius 3 is 2.44 bits per heavy atom. The van der Waals surface area contributed by atoms with Gasteiger partial charge in [0.05, 0.1) is 16.5 Å². The highest BCUT2D eigenvalue weighted by molar-refractivity contribution is 9.10. The number of aliphatic hydroxyl groups is 1. The van der Waals surface area contributed by atoms with E-state index in [9.17, 15) is 13.5 Å². The molecule has 7 heteroatoms. The summed E-state index contributed by atoms with van der Waals surface area (Å²) in [5, 5.41) is 9.53. The van der Waals surface area contributed by atoms with E-state index in [2.05, 4.69) is 20.7 Å². The maximum Gasteiger partial charge on any atom is 0.241 e. The van der Waals surface area contributed by atoms with E-state index in [4.69, 9.17) is 5.73 Å². The van der Waals surface area contributed by atoms with E-state index in [-0.39, 0.29) is 4.90 Å². The van der Waals surface area contributed by atoms with Gasteiger partial charge in [0.1, 0.15) is 0 Å². The Labute approximate surface area is 116 Å². The fraction of sp³-hybridized carbons (Fsp3) is 0.455. The second-order valence-electron chi connectivity index (χ2n) is 4.69. The third-order valence-electron chi connectivity index (χ3n) is 2.72. The number of nitrogens with two attached hydrogens (primary N) is 1. The van der Waals surface area contributed by atoms with Crippen molar-refractivity contribution in [3.63, 3.8) is 0 Å². The molecule has 0 spiro atoms. The first kappa shape index (κ1) is 15.4. The first-order chi connectivity index (χ1) is 8.06. The number of anilines is 1. The van der Waals surface area contributed by atoms with E-state index in [1.165, 1.54) is 25.1 Å². The molecule has 18 heavy (non-hydrogen) atoms. The lowest BCUT2D eigenvalue weighted by Crippen LogP contribution is -2.50. The summed E-state index contributed by atoms with van der Waals surface area (Å²) in [5.41, 5.74) is 5.12. The minimum Gasteiger partial charge on any atom is -0.398 e. The van der Waals surface area contributed by atoms with Gasteiger partial charge < -0.3 is 10.8 Å². The Balaban J connectivity index is 3.11. The smallest absolute Gasteiger partial charge is 0.241 e. The van der Waals surface area contributed by atoms with Crippen LogP contribution in [0.4, 0.5) is 5.69 Å². The van der Waals surface area contributed by atoms with E-state index >= 15 is 0 Å². The molecule has 102 valence electrons. The minimum atomic E-state index is -3.70. The molecule has 0 aliphatic heterocycles. The van der Waals surface area contributed by atoms with Crippen molar-refractivity contribution in [1.82, 2.24) is 4.72 Å². The van der Waals surface area contributed by atoms with Gasteiger partial charge >= 0.3 is 0 Å². The average Bonchev–Trinajstić information content (AvgIpc) is 2.20. The molecular weight excluding hydrogens is 320 g/mol. The summed E-state index contributed by atoms with van der Waals surface area (Å²) in [5.74, 6) is 0. The van der Waals surface area contributed by atoms with Crippen LogP contribution in [0.25, 0.3) is 0 Å². The maximum absolute atomic E-state index is 12.1. The first-order valence-electron chi connectivity index (χ1n) is 5.33. The van der Waals surface area contributed by atoms with Crippen molar-refractivity contribution in [2.75, 3.05) is 5.73 Å². The van der Waals surface area contributed by atoms with Gasteiger partial charge in [0.15, 0.2) is 0 Å². The summed E-state index contributed by atoms with van der Waals surface area (Å²) in [7, 11) is -3.70. The molecule has 1 unspecified atom stereocenters. The number of nitrogens with one attached hydrogen (secondary N) is 1. The normalized spacial score (nSPS) is 14.5. The summed E-state index contributed by atoms with van der Waals surface area (Å²) in [4.78, 5) is 0.0947. The van der Waals surface area contributed by atoms with Gasteiger partial charge in [-0.1, -0.05) is 0 Å². The molecule has 0 aromatic heterocycles. The highest BCUT2D eigenvalue weighted by atomic mass is 79.9. The largest absolute Gasteiger partial charge is 0.398 e. The number of hydrogen-bond donors (Lipinski definition) is 3. The number of halogens is 1. The van der Waals surface area contributed by atoms with Gasteiger partial charge in [-0.05, 0) is 54.9 Å². The zero-order valence-electron chi connectivity index (χ0n) is 10.4. The van der Waals surface area contributed by atoms with Gasteiger partial charge in [0.25, 0.3) is 0 Å². The molecule has 0 radical (unpaired) electrons. The summed E-state index contributed by atoms with van der Waals surface area (Å²) in [6, 6.07) is 4.35. The standard InChI is InChI=1S/C11H17BrN2O3S/c1-7(15)11(2,3)14-18(16,17)8-4-5-10(13)9(12)6-8/h4-7,14-15H,13H2,1-3H3. The van der Waals surface area contributed by atoms with Gasteiger partial charge in [0.2, 0.25) is 10.0 Å². The quantitative estimate of drug-likeness (QED) is 0.726. The van der Waals surface area contributed by atoms with Crippen molar-refractivity contribution >= 4 is 31.6 Å². The molecule has 1 atom stereocenters. The molecular formula is C11H17BrN2O3S. The fourth-order valence-electron chi connectivity index (χ4n) is 1.17. The zero-order chi connectivity index (χ0) is 14.1. The van der Waals surface area contributed by atoms with Crippen LogP contribution in [0.1, 0.15) is 20.8 Å². The van der Waals surface area contributed by atoms with Gasteiger partial charge in [-0.25, -0.2) is 13.1 Å². The number of rotatable bonds is 4. The molecule has 0 heterocycles. The molecule has 0 bridgehead atoms. The van der Waals surface area contributed by atoms with E-state index in [0.29, 0.717) is 10.2 Å². The van der Waals surface area contributed by atoms with Crippen molar-refractivity contribution in [3.05, 3.63) is 22.7 Å². The van der Waals surface area contributed by atoms with Crippen LogP contribution in [0.2, 0.25) is 0 Å². The summed E-state index contributed by atoms with van der Waals surface area (Å²) in [6.07, 6.45) is -0.815. The maximum atomic E-state index is 12.1. The van der Waals surface area contributed by atoms with Crippen molar-refractivity contribution in [3.8, 4) is 0 Å². The van der Waals surface area contributed by atoms with Crippen LogP contribution in [0.5, 0.6) is 0 Å². The molecule has 0 aliphatic carbocycles. The van der Waals surface area contributed by atoms with Gasteiger partial charge in [-0.2, -0.15) is 0 Å². The molecule has 1 aromatic carbocycles. The predicted molar refractivity (Wildman–Crippen MR) is 74.6 cm³/mol. The molecule has 0 aliphatic rings. The predicted octanol–water partition coefficient (Wildman–Crippen LogP) is 1.47. The zero-order valence-corrected chi connectivity index (χ0v) is 12.8. The third-order valence-corrected chi connectivity index (χ3v) is 5.08. The van der Waals surface area contributed by atoms with E-state index in [0.717, 1.165) is 0 Å². The Morgan fingerprint density at radius 2 is 2.00 bits per heavy atom. The number of benzene rings is 1. The fourth-order valence-corrected chi connectivity index (χ4v) is 3.20. The molecule has 0 saturated carbocycles. The highest BCUT2D eigenvalue weighted by Crippen LogP contribution is 2.24. The molecule has 0 saturated heterocycles. The topological polar surface area (TPSA) is 92.4 Å². The van der Waals surface area contributed by atoms with Crippen molar-refractivity contribution in [1.29, 1.82) is 0 Å². The van der Waals surface area contributed by atoms with Crippen LogP contribution in [0.15, 0.2) is 27.6 Å². The van der Waals surface area contributed by atoms with Crippen molar-refractivity contribution in [2.45, 2.75) is 37.3 Å². The number of hydrogen-bond acceptors (Lipinski definition) is 4. The van der Waals surface area contributed by atoms with E-state index in [1.54, 1.807) is 13.8 Å². The van der Waals surface area contributed by atoms with E-state index in [1.807, 2.05) is 0 Å². The van der Waals surface area contributed by atoms with Crippen molar-refractivity contribution in [2.24, 2.45) is 0 Å². The van der Waals surface area contributed by atoms with Gasteiger partial charge in [-0.3, -0.25) is 0 Å². The Morgan fingerprint density at radius 1 is 1.44 bits per heavy atom. The molecule has 4 N–H and O–H groups in total. The minimum absolute atomic E-state index is 0.0947.